The van der Waals surface area contributed by atoms with E-state index in [4.69, 9.17) is 5.73 Å². The number of likely N-dealkylation sites (tertiary alicyclic amines) is 1. The van der Waals surface area contributed by atoms with Crippen molar-refractivity contribution in [3.63, 3.8) is 0 Å². The van der Waals surface area contributed by atoms with Crippen molar-refractivity contribution < 1.29 is 4.79 Å². The van der Waals surface area contributed by atoms with Gasteiger partial charge in [-0.05, 0) is 50.9 Å². The molecule has 1 aromatic heterocycles. The van der Waals surface area contributed by atoms with E-state index in [-0.39, 0.29) is 11.7 Å². The van der Waals surface area contributed by atoms with Crippen molar-refractivity contribution in [2.75, 3.05) is 18.8 Å². The Labute approximate surface area is 114 Å². The van der Waals surface area contributed by atoms with Crippen LogP contribution in [-0.4, -0.2) is 34.8 Å². The third-order valence-corrected chi connectivity index (χ3v) is 4.51. The fourth-order valence-corrected chi connectivity index (χ4v) is 3.08. The molecule has 0 amide bonds. The first-order valence-corrected chi connectivity index (χ1v) is 7.25. The Morgan fingerprint density at radius 3 is 2.53 bits per heavy atom. The van der Waals surface area contributed by atoms with E-state index in [0.29, 0.717) is 11.5 Å². The number of carbonyl (C=O) groups is 1. The Hall–Kier alpha value is -1.42. The van der Waals surface area contributed by atoms with Gasteiger partial charge < -0.3 is 10.6 Å². The van der Waals surface area contributed by atoms with Crippen LogP contribution in [0, 0.1) is 5.92 Å². The summed E-state index contributed by atoms with van der Waals surface area (Å²) in [5, 5.41) is 0. The fourth-order valence-electron chi connectivity index (χ4n) is 3.08. The Balaban J connectivity index is 1.60. The number of pyridine rings is 1. The Bertz CT molecular complexity index is 462. The van der Waals surface area contributed by atoms with Crippen LogP contribution in [0.1, 0.15) is 42.6 Å². The zero-order valence-corrected chi connectivity index (χ0v) is 11.2. The zero-order valence-electron chi connectivity index (χ0n) is 11.2. The predicted molar refractivity (Wildman–Crippen MR) is 74.9 cm³/mol. The number of Topliss-reactive ketones (excluding diaryl/α,β-unsaturated/α-hetero) is 1. The molecule has 3 rings (SSSR count). The molecule has 4 heteroatoms. The molecule has 0 atom stereocenters. The van der Waals surface area contributed by atoms with Gasteiger partial charge in [0, 0.05) is 12.0 Å². The van der Waals surface area contributed by atoms with Crippen molar-refractivity contribution >= 4 is 11.6 Å². The lowest BCUT2D eigenvalue weighted by molar-refractivity contribution is 0.0668. The number of anilines is 1. The standard InChI is InChI=1S/C15H21N3O/c16-14-6-2-5-13(17-14)15(19)11-7-9-18(10-8-11)12-3-1-4-12/h2,5-6,11-12H,1,3-4,7-10H2,(H2,16,17). The topological polar surface area (TPSA) is 59.2 Å². The minimum absolute atomic E-state index is 0.130. The van der Waals surface area contributed by atoms with Gasteiger partial charge in [-0.15, -0.1) is 0 Å². The Morgan fingerprint density at radius 2 is 1.95 bits per heavy atom. The number of nitrogens with zero attached hydrogens (tertiary/aromatic N) is 2. The number of nitrogen functional groups attached to an aromatic ring is 1. The van der Waals surface area contributed by atoms with Crippen molar-refractivity contribution in [1.82, 2.24) is 9.88 Å². The van der Waals surface area contributed by atoms with Crippen molar-refractivity contribution in [1.29, 1.82) is 0 Å². The second kappa shape index (κ2) is 5.29. The van der Waals surface area contributed by atoms with Crippen LogP contribution < -0.4 is 5.73 Å². The number of hydrogen-bond acceptors (Lipinski definition) is 4. The average molecular weight is 259 g/mol. The molecule has 1 aliphatic carbocycles. The molecule has 0 spiro atoms. The SMILES string of the molecule is Nc1cccc(C(=O)C2CCN(C3CCC3)CC2)n1. The Morgan fingerprint density at radius 1 is 1.21 bits per heavy atom. The van der Waals surface area contributed by atoms with E-state index in [0.717, 1.165) is 32.0 Å². The van der Waals surface area contributed by atoms with E-state index < -0.39 is 0 Å². The molecule has 102 valence electrons. The third kappa shape index (κ3) is 2.63. The van der Waals surface area contributed by atoms with E-state index in [2.05, 4.69) is 9.88 Å². The first-order valence-electron chi connectivity index (χ1n) is 7.25. The average Bonchev–Trinajstić information content (AvgIpc) is 2.37. The summed E-state index contributed by atoms with van der Waals surface area (Å²) in [4.78, 5) is 19.1. The third-order valence-electron chi connectivity index (χ3n) is 4.51. The second-order valence-electron chi connectivity index (χ2n) is 5.71. The van der Waals surface area contributed by atoms with Gasteiger partial charge in [0.05, 0.1) is 0 Å². The fraction of sp³-hybridized carbons (Fsp3) is 0.600. The molecule has 2 heterocycles. The van der Waals surface area contributed by atoms with Crippen LogP contribution in [0.5, 0.6) is 0 Å². The molecular weight excluding hydrogens is 238 g/mol. The highest BCUT2D eigenvalue weighted by Crippen LogP contribution is 2.30. The molecule has 1 aliphatic heterocycles. The minimum atomic E-state index is 0.130. The van der Waals surface area contributed by atoms with Gasteiger partial charge in [0.15, 0.2) is 5.78 Å². The maximum Gasteiger partial charge on any atom is 0.184 e. The lowest BCUT2D eigenvalue weighted by Crippen LogP contribution is -2.45. The van der Waals surface area contributed by atoms with Crippen LogP contribution >= 0.6 is 0 Å². The summed E-state index contributed by atoms with van der Waals surface area (Å²) in [7, 11) is 0. The molecule has 0 radical (unpaired) electrons. The number of aromatic nitrogens is 1. The second-order valence-corrected chi connectivity index (χ2v) is 5.71. The molecule has 1 saturated heterocycles. The highest BCUT2D eigenvalue weighted by atomic mass is 16.1. The molecule has 1 saturated carbocycles. The minimum Gasteiger partial charge on any atom is -0.384 e. The molecule has 2 N–H and O–H groups in total. The van der Waals surface area contributed by atoms with Crippen LogP contribution in [0.15, 0.2) is 18.2 Å². The summed E-state index contributed by atoms with van der Waals surface area (Å²) in [5.41, 5.74) is 6.17. The van der Waals surface area contributed by atoms with Crippen LogP contribution in [0.2, 0.25) is 0 Å². The van der Waals surface area contributed by atoms with Gasteiger partial charge in [0.1, 0.15) is 11.5 Å². The number of carbonyl (C=O) groups excluding carboxylic acids is 1. The number of nitrogens with two attached hydrogens (primary N) is 1. The van der Waals surface area contributed by atoms with Gasteiger partial charge in [-0.3, -0.25) is 4.79 Å². The molecule has 2 fully saturated rings. The summed E-state index contributed by atoms with van der Waals surface area (Å²) in [6, 6.07) is 6.09. The molecule has 0 unspecified atom stereocenters. The molecule has 2 aliphatic rings. The van der Waals surface area contributed by atoms with E-state index in [1.807, 2.05) is 0 Å². The molecular formula is C15H21N3O. The summed E-state index contributed by atoms with van der Waals surface area (Å²) < 4.78 is 0. The van der Waals surface area contributed by atoms with Crippen molar-refractivity contribution in [3.8, 4) is 0 Å². The highest BCUT2D eigenvalue weighted by Gasteiger charge is 2.31. The van der Waals surface area contributed by atoms with Crippen LogP contribution in [0.4, 0.5) is 5.82 Å². The van der Waals surface area contributed by atoms with Gasteiger partial charge in [-0.2, -0.15) is 0 Å². The first-order chi connectivity index (χ1) is 9.24. The van der Waals surface area contributed by atoms with Gasteiger partial charge >= 0.3 is 0 Å². The normalized spacial score (nSPS) is 22.1. The molecule has 0 bridgehead atoms. The highest BCUT2D eigenvalue weighted by molar-refractivity contribution is 5.96. The zero-order chi connectivity index (χ0) is 13.2. The maximum atomic E-state index is 12.4. The van der Waals surface area contributed by atoms with Crippen molar-refractivity contribution in [2.45, 2.75) is 38.1 Å². The maximum absolute atomic E-state index is 12.4. The van der Waals surface area contributed by atoms with Gasteiger partial charge in [0.2, 0.25) is 0 Å². The van der Waals surface area contributed by atoms with E-state index in [1.165, 1.54) is 19.3 Å². The molecule has 0 aromatic carbocycles. The number of ketones is 1. The van der Waals surface area contributed by atoms with Crippen LogP contribution in [0.25, 0.3) is 0 Å². The molecule has 19 heavy (non-hydrogen) atoms. The molecule has 1 aromatic rings. The monoisotopic (exact) mass is 259 g/mol. The summed E-state index contributed by atoms with van der Waals surface area (Å²) in [6.45, 7) is 2.12. The summed E-state index contributed by atoms with van der Waals surface area (Å²) >= 11 is 0. The van der Waals surface area contributed by atoms with E-state index in [9.17, 15) is 4.79 Å². The lowest BCUT2D eigenvalue weighted by atomic mass is 9.86. The number of piperidine rings is 1. The number of rotatable bonds is 3. The largest absolute Gasteiger partial charge is 0.384 e. The van der Waals surface area contributed by atoms with E-state index >= 15 is 0 Å². The summed E-state index contributed by atoms with van der Waals surface area (Å²) in [5.74, 6) is 0.726. The first kappa shape index (κ1) is 12.6. The van der Waals surface area contributed by atoms with Crippen molar-refractivity contribution in [2.24, 2.45) is 5.92 Å². The Kier molecular flexibility index (Phi) is 3.51. The molecule has 4 nitrogen and oxygen atoms in total. The smallest absolute Gasteiger partial charge is 0.184 e. The number of hydrogen-bond donors (Lipinski definition) is 1. The van der Waals surface area contributed by atoms with Gasteiger partial charge in [0.25, 0.3) is 0 Å². The van der Waals surface area contributed by atoms with E-state index in [1.54, 1.807) is 18.2 Å². The lowest BCUT2D eigenvalue weighted by Gasteiger charge is -2.41. The van der Waals surface area contributed by atoms with Gasteiger partial charge in [-0.1, -0.05) is 12.5 Å². The summed E-state index contributed by atoms with van der Waals surface area (Å²) in [6.07, 6.45) is 5.99. The van der Waals surface area contributed by atoms with Crippen LogP contribution in [-0.2, 0) is 0 Å². The quantitative estimate of drug-likeness (QED) is 0.845. The van der Waals surface area contributed by atoms with Crippen molar-refractivity contribution in [3.05, 3.63) is 23.9 Å². The van der Waals surface area contributed by atoms with Crippen LogP contribution in [0.3, 0.4) is 0 Å². The van der Waals surface area contributed by atoms with Gasteiger partial charge in [-0.25, -0.2) is 4.98 Å². The predicted octanol–water partition coefficient (Wildman–Crippen LogP) is 2.11.